The lowest BCUT2D eigenvalue weighted by Gasteiger charge is -2.16. The Hall–Kier alpha value is -0.840. The zero-order chi connectivity index (χ0) is 15.2. The maximum atomic E-state index is 5.25. The highest BCUT2D eigenvalue weighted by Gasteiger charge is 2.09. The molecule has 2 aromatic rings. The van der Waals surface area contributed by atoms with E-state index in [4.69, 9.17) is 4.74 Å². The number of rotatable bonds is 6. The van der Waals surface area contributed by atoms with Crippen LogP contribution in [0.1, 0.15) is 24.1 Å². The molecule has 2 rings (SSSR count). The van der Waals surface area contributed by atoms with Gasteiger partial charge in [0, 0.05) is 15.0 Å². The van der Waals surface area contributed by atoms with Crippen LogP contribution in [0.2, 0.25) is 0 Å². The molecule has 0 aliphatic carbocycles. The number of hydrogen-bond acceptors (Lipinski definition) is 2. The van der Waals surface area contributed by atoms with E-state index in [1.165, 1.54) is 11.1 Å². The van der Waals surface area contributed by atoms with Crippen LogP contribution in [-0.2, 0) is 6.42 Å². The molecule has 21 heavy (non-hydrogen) atoms. The smallest absolute Gasteiger partial charge is 0.119 e. The molecule has 0 saturated heterocycles. The predicted octanol–water partition coefficient (Wildman–Crippen LogP) is 5.11. The largest absolute Gasteiger partial charge is 0.497 e. The lowest BCUT2D eigenvalue weighted by atomic mass is 10.1. The monoisotopic (exact) mass is 411 g/mol. The van der Waals surface area contributed by atoms with Gasteiger partial charge in [0.2, 0.25) is 0 Å². The summed E-state index contributed by atoms with van der Waals surface area (Å²) < 4.78 is 7.46. The van der Waals surface area contributed by atoms with Crippen molar-refractivity contribution in [2.24, 2.45) is 0 Å². The van der Waals surface area contributed by atoms with Gasteiger partial charge in [-0.15, -0.1) is 0 Å². The molecule has 2 aromatic carbocycles. The number of halogens is 2. The molecule has 112 valence electrons. The molecule has 0 amide bonds. The van der Waals surface area contributed by atoms with Gasteiger partial charge in [0.25, 0.3) is 0 Å². The topological polar surface area (TPSA) is 21.3 Å². The standard InChI is InChI=1S/C17H19Br2NO/c1-12(16-7-6-14(18)11-17(16)19)20-9-8-13-4-3-5-15(10-13)21-2/h3-7,10-12,20H,8-9H2,1-2H3. The molecular formula is C17H19Br2NO. The number of nitrogens with one attached hydrogen (secondary N) is 1. The second-order valence-corrected chi connectivity index (χ2v) is 6.71. The Labute approximate surface area is 143 Å². The van der Waals surface area contributed by atoms with Crippen LogP contribution in [0.5, 0.6) is 5.75 Å². The highest BCUT2D eigenvalue weighted by molar-refractivity contribution is 9.11. The molecule has 0 spiro atoms. The van der Waals surface area contributed by atoms with Gasteiger partial charge in [0.05, 0.1) is 7.11 Å². The van der Waals surface area contributed by atoms with E-state index in [9.17, 15) is 0 Å². The van der Waals surface area contributed by atoms with Crippen molar-refractivity contribution in [2.75, 3.05) is 13.7 Å². The maximum absolute atomic E-state index is 5.25. The summed E-state index contributed by atoms with van der Waals surface area (Å²) in [6.45, 7) is 3.11. The van der Waals surface area contributed by atoms with Gasteiger partial charge < -0.3 is 10.1 Å². The van der Waals surface area contributed by atoms with Gasteiger partial charge in [-0.3, -0.25) is 0 Å². The number of methoxy groups -OCH3 is 1. The summed E-state index contributed by atoms with van der Waals surface area (Å²) in [6, 6.07) is 14.8. The first kappa shape index (κ1) is 16.5. The van der Waals surface area contributed by atoms with Gasteiger partial charge in [-0.25, -0.2) is 0 Å². The van der Waals surface area contributed by atoms with E-state index in [-0.39, 0.29) is 0 Å². The van der Waals surface area contributed by atoms with Crippen LogP contribution in [0.15, 0.2) is 51.4 Å². The van der Waals surface area contributed by atoms with Crippen molar-refractivity contribution in [1.29, 1.82) is 0 Å². The van der Waals surface area contributed by atoms with E-state index in [1.54, 1.807) is 7.11 Å². The van der Waals surface area contributed by atoms with Crippen molar-refractivity contribution in [3.05, 3.63) is 62.5 Å². The van der Waals surface area contributed by atoms with Crippen LogP contribution in [-0.4, -0.2) is 13.7 Å². The fourth-order valence-electron chi connectivity index (χ4n) is 2.22. The maximum Gasteiger partial charge on any atom is 0.119 e. The summed E-state index contributed by atoms with van der Waals surface area (Å²) in [6.07, 6.45) is 0.982. The molecular weight excluding hydrogens is 394 g/mol. The minimum atomic E-state index is 0.304. The molecule has 0 aliphatic rings. The lowest BCUT2D eigenvalue weighted by molar-refractivity contribution is 0.414. The fraction of sp³-hybridized carbons (Fsp3) is 0.294. The van der Waals surface area contributed by atoms with Crippen molar-refractivity contribution in [2.45, 2.75) is 19.4 Å². The first-order chi connectivity index (χ1) is 10.1. The minimum Gasteiger partial charge on any atom is -0.497 e. The van der Waals surface area contributed by atoms with E-state index < -0.39 is 0 Å². The average molecular weight is 413 g/mol. The van der Waals surface area contributed by atoms with Crippen LogP contribution < -0.4 is 10.1 Å². The second-order valence-electron chi connectivity index (χ2n) is 4.94. The highest BCUT2D eigenvalue weighted by atomic mass is 79.9. The van der Waals surface area contributed by atoms with Crippen LogP contribution in [0.25, 0.3) is 0 Å². The molecule has 4 heteroatoms. The molecule has 0 aromatic heterocycles. The van der Waals surface area contributed by atoms with E-state index in [2.05, 4.69) is 74.4 Å². The van der Waals surface area contributed by atoms with Gasteiger partial charge >= 0.3 is 0 Å². The van der Waals surface area contributed by atoms with Gasteiger partial charge in [0.15, 0.2) is 0 Å². The molecule has 1 unspecified atom stereocenters. The second kappa shape index (κ2) is 7.97. The Bertz CT molecular complexity index is 601. The molecule has 0 bridgehead atoms. The van der Waals surface area contributed by atoms with E-state index in [0.717, 1.165) is 27.7 Å². The van der Waals surface area contributed by atoms with E-state index >= 15 is 0 Å². The summed E-state index contributed by atoms with van der Waals surface area (Å²) in [5, 5.41) is 3.56. The zero-order valence-corrected chi connectivity index (χ0v) is 15.4. The third-order valence-corrected chi connectivity index (χ3v) is 4.61. The van der Waals surface area contributed by atoms with Crippen molar-refractivity contribution in [3.63, 3.8) is 0 Å². The lowest BCUT2D eigenvalue weighted by Crippen LogP contribution is -2.21. The first-order valence-corrected chi connectivity index (χ1v) is 8.50. The normalized spacial score (nSPS) is 12.2. The Morgan fingerprint density at radius 1 is 1.14 bits per heavy atom. The summed E-state index contributed by atoms with van der Waals surface area (Å²) in [7, 11) is 1.70. The third-order valence-electron chi connectivity index (χ3n) is 3.43. The Morgan fingerprint density at radius 3 is 2.67 bits per heavy atom. The Balaban J connectivity index is 1.90. The average Bonchev–Trinajstić information content (AvgIpc) is 2.47. The van der Waals surface area contributed by atoms with Gasteiger partial charge in [-0.2, -0.15) is 0 Å². The van der Waals surface area contributed by atoms with E-state index in [0.29, 0.717) is 6.04 Å². The molecule has 0 aliphatic heterocycles. The summed E-state index contributed by atoms with van der Waals surface area (Å²) in [4.78, 5) is 0. The molecule has 0 saturated carbocycles. The van der Waals surface area contributed by atoms with Crippen LogP contribution in [0.4, 0.5) is 0 Å². The number of benzene rings is 2. The molecule has 0 radical (unpaired) electrons. The third kappa shape index (κ3) is 4.83. The highest BCUT2D eigenvalue weighted by Crippen LogP contribution is 2.26. The minimum absolute atomic E-state index is 0.304. The first-order valence-electron chi connectivity index (χ1n) is 6.91. The van der Waals surface area contributed by atoms with Crippen molar-refractivity contribution >= 4 is 31.9 Å². The SMILES string of the molecule is COc1cccc(CCNC(C)c2ccc(Br)cc2Br)c1. The molecule has 0 heterocycles. The molecule has 0 fully saturated rings. The number of ether oxygens (including phenoxy) is 1. The van der Waals surface area contributed by atoms with Crippen molar-refractivity contribution in [3.8, 4) is 5.75 Å². The van der Waals surface area contributed by atoms with Crippen molar-refractivity contribution < 1.29 is 4.74 Å². The number of hydrogen-bond donors (Lipinski definition) is 1. The zero-order valence-electron chi connectivity index (χ0n) is 12.2. The Kier molecular flexibility index (Phi) is 6.27. The molecule has 1 N–H and O–H groups in total. The van der Waals surface area contributed by atoms with Gasteiger partial charge in [0.1, 0.15) is 5.75 Å². The predicted molar refractivity (Wildman–Crippen MR) is 95.0 cm³/mol. The van der Waals surface area contributed by atoms with Crippen LogP contribution in [0.3, 0.4) is 0 Å². The Morgan fingerprint density at radius 2 is 1.95 bits per heavy atom. The molecule has 1 atom stereocenters. The quantitative estimate of drug-likeness (QED) is 0.711. The fourth-order valence-corrected chi connectivity index (χ4v) is 3.61. The summed E-state index contributed by atoms with van der Waals surface area (Å²) in [5.41, 5.74) is 2.55. The van der Waals surface area contributed by atoms with Crippen LogP contribution >= 0.6 is 31.9 Å². The van der Waals surface area contributed by atoms with Crippen molar-refractivity contribution in [1.82, 2.24) is 5.32 Å². The summed E-state index contributed by atoms with van der Waals surface area (Å²) in [5.74, 6) is 0.913. The van der Waals surface area contributed by atoms with Gasteiger partial charge in [-0.05, 0) is 55.3 Å². The van der Waals surface area contributed by atoms with Gasteiger partial charge in [-0.1, -0.05) is 50.1 Å². The summed E-state index contributed by atoms with van der Waals surface area (Å²) >= 11 is 7.10. The molecule has 2 nitrogen and oxygen atoms in total. The van der Waals surface area contributed by atoms with Crippen LogP contribution in [0, 0.1) is 0 Å². The van der Waals surface area contributed by atoms with E-state index in [1.807, 2.05) is 12.1 Å².